The summed E-state index contributed by atoms with van der Waals surface area (Å²) >= 11 is 7.38. The van der Waals surface area contributed by atoms with E-state index in [1.54, 1.807) is 17.0 Å². The molecule has 9 heteroatoms. The van der Waals surface area contributed by atoms with Crippen LogP contribution >= 0.6 is 23.4 Å². The van der Waals surface area contributed by atoms with Gasteiger partial charge in [-0.15, -0.1) is 10.2 Å². The Bertz CT molecular complexity index is 762. The summed E-state index contributed by atoms with van der Waals surface area (Å²) in [6.45, 7) is 5.67. The number of carbonyl (C=O) groups excluding carboxylic acids is 2. The van der Waals surface area contributed by atoms with E-state index in [-0.39, 0.29) is 5.92 Å². The van der Waals surface area contributed by atoms with Gasteiger partial charge in [-0.05, 0) is 30.5 Å². The van der Waals surface area contributed by atoms with Crippen LogP contribution in [0.5, 0.6) is 0 Å². The Morgan fingerprint density at radius 1 is 1.38 bits per heavy atom. The van der Waals surface area contributed by atoms with Crippen molar-refractivity contribution in [2.45, 2.75) is 31.2 Å². The number of primary amides is 1. The molecular weight excluding hydrogens is 350 g/mol. The second-order valence-electron chi connectivity index (χ2n) is 5.55. The van der Waals surface area contributed by atoms with E-state index in [4.69, 9.17) is 17.3 Å². The molecule has 0 aliphatic rings. The van der Waals surface area contributed by atoms with Crippen molar-refractivity contribution in [3.05, 3.63) is 35.1 Å². The van der Waals surface area contributed by atoms with Crippen molar-refractivity contribution in [1.29, 1.82) is 0 Å². The van der Waals surface area contributed by atoms with Crippen LogP contribution < -0.4 is 11.1 Å². The minimum Gasteiger partial charge on any atom is -0.351 e. The van der Waals surface area contributed by atoms with Gasteiger partial charge >= 0.3 is 6.03 Å². The smallest absolute Gasteiger partial charge is 0.318 e. The minimum absolute atomic E-state index is 0.0406. The van der Waals surface area contributed by atoms with Crippen LogP contribution in [-0.2, 0) is 4.79 Å². The number of thioether (sulfide) groups is 1. The molecule has 0 radical (unpaired) electrons. The standard InChI is InChI=1S/C15H18ClN5O2S/c1-8(2)12(13(22)19-14(17)23)24-15-20-18-7-21(15)10-5-4-9(3)11(16)6-10/h4-8,12H,1-3H3,(H3,17,19,22,23)/t12-/m0/s1. The van der Waals surface area contributed by atoms with Crippen molar-refractivity contribution in [3.63, 3.8) is 0 Å². The molecule has 1 aromatic heterocycles. The number of aryl methyl sites for hydroxylation is 1. The fourth-order valence-corrected chi connectivity index (χ4v) is 3.21. The van der Waals surface area contributed by atoms with Gasteiger partial charge in [0, 0.05) is 5.02 Å². The van der Waals surface area contributed by atoms with Crippen LogP contribution in [0.2, 0.25) is 5.02 Å². The van der Waals surface area contributed by atoms with Crippen LogP contribution in [0.25, 0.3) is 5.69 Å². The summed E-state index contributed by atoms with van der Waals surface area (Å²) in [5.74, 6) is -0.500. The predicted octanol–water partition coefficient (Wildman–Crippen LogP) is 2.54. The Hall–Kier alpha value is -2.06. The average Bonchev–Trinajstić information content (AvgIpc) is 2.94. The maximum absolute atomic E-state index is 12.2. The second-order valence-corrected chi connectivity index (χ2v) is 7.07. The van der Waals surface area contributed by atoms with Crippen LogP contribution in [0.1, 0.15) is 19.4 Å². The molecule has 0 spiro atoms. The van der Waals surface area contributed by atoms with Crippen molar-refractivity contribution >= 4 is 35.3 Å². The zero-order chi connectivity index (χ0) is 17.9. The zero-order valence-electron chi connectivity index (χ0n) is 13.5. The van der Waals surface area contributed by atoms with Crippen molar-refractivity contribution < 1.29 is 9.59 Å². The molecule has 0 bridgehead atoms. The third-order valence-electron chi connectivity index (χ3n) is 3.29. The molecule has 1 heterocycles. The molecule has 2 aromatic rings. The Balaban J connectivity index is 2.29. The molecule has 0 fully saturated rings. The minimum atomic E-state index is -0.877. The Labute approximate surface area is 149 Å². The number of rotatable bonds is 5. The number of nitrogens with two attached hydrogens (primary N) is 1. The number of aromatic nitrogens is 3. The first-order valence-electron chi connectivity index (χ1n) is 7.23. The van der Waals surface area contributed by atoms with Gasteiger partial charge in [0.1, 0.15) is 6.33 Å². The highest BCUT2D eigenvalue weighted by Gasteiger charge is 2.27. The first-order chi connectivity index (χ1) is 11.3. The number of nitrogens with one attached hydrogen (secondary N) is 1. The van der Waals surface area contributed by atoms with E-state index in [0.29, 0.717) is 10.2 Å². The van der Waals surface area contributed by atoms with Gasteiger partial charge in [0.2, 0.25) is 5.91 Å². The SMILES string of the molecule is Cc1ccc(-n2cnnc2S[C@H](C(=O)NC(N)=O)C(C)C)cc1Cl. The largest absolute Gasteiger partial charge is 0.351 e. The summed E-state index contributed by atoms with van der Waals surface area (Å²) in [6, 6.07) is 4.71. The lowest BCUT2D eigenvalue weighted by atomic mass is 10.1. The fraction of sp³-hybridized carbons (Fsp3) is 0.333. The topological polar surface area (TPSA) is 103 Å². The van der Waals surface area contributed by atoms with Gasteiger partial charge in [-0.25, -0.2) is 4.79 Å². The normalized spacial score (nSPS) is 12.2. The van der Waals surface area contributed by atoms with Crippen molar-refractivity contribution in [2.75, 3.05) is 0 Å². The van der Waals surface area contributed by atoms with Crippen molar-refractivity contribution in [1.82, 2.24) is 20.1 Å². The molecule has 128 valence electrons. The Morgan fingerprint density at radius 2 is 2.08 bits per heavy atom. The Kier molecular flexibility index (Phi) is 5.84. The number of carbonyl (C=O) groups is 2. The van der Waals surface area contributed by atoms with Gasteiger partial charge in [-0.1, -0.05) is 43.3 Å². The molecule has 0 saturated carbocycles. The third kappa shape index (κ3) is 4.27. The van der Waals surface area contributed by atoms with Gasteiger partial charge in [-0.3, -0.25) is 14.7 Å². The number of hydrogen-bond donors (Lipinski definition) is 2. The molecule has 24 heavy (non-hydrogen) atoms. The molecule has 3 amide bonds. The predicted molar refractivity (Wildman–Crippen MR) is 93.3 cm³/mol. The van der Waals surface area contributed by atoms with E-state index >= 15 is 0 Å². The van der Waals surface area contributed by atoms with Crippen molar-refractivity contribution in [3.8, 4) is 5.69 Å². The van der Waals surface area contributed by atoms with Gasteiger partial charge < -0.3 is 5.73 Å². The number of benzene rings is 1. The molecular formula is C15H18ClN5O2S. The lowest BCUT2D eigenvalue weighted by molar-refractivity contribution is -0.120. The number of hydrogen-bond acceptors (Lipinski definition) is 5. The van der Waals surface area contributed by atoms with Crippen molar-refractivity contribution in [2.24, 2.45) is 11.7 Å². The highest BCUT2D eigenvalue weighted by molar-refractivity contribution is 8.00. The van der Waals surface area contributed by atoms with Gasteiger partial charge in [-0.2, -0.15) is 0 Å². The average molecular weight is 368 g/mol. The highest BCUT2D eigenvalue weighted by atomic mass is 35.5. The van der Waals surface area contributed by atoms with E-state index in [1.165, 1.54) is 11.8 Å². The van der Waals surface area contributed by atoms with Crippen LogP contribution in [0, 0.1) is 12.8 Å². The lowest BCUT2D eigenvalue weighted by Crippen LogP contribution is -2.42. The third-order valence-corrected chi connectivity index (χ3v) is 5.20. The number of amides is 3. The maximum Gasteiger partial charge on any atom is 0.318 e. The first kappa shape index (κ1) is 18.3. The molecule has 1 aromatic carbocycles. The van der Waals surface area contributed by atoms with Crippen LogP contribution in [0.15, 0.2) is 29.7 Å². The molecule has 0 saturated heterocycles. The molecule has 2 rings (SSSR count). The summed E-state index contributed by atoms with van der Waals surface area (Å²) < 4.78 is 1.74. The second kappa shape index (κ2) is 7.67. The fourth-order valence-electron chi connectivity index (χ4n) is 2.01. The molecule has 3 N–H and O–H groups in total. The molecule has 0 aliphatic carbocycles. The maximum atomic E-state index is 12.2. The molecule has 7 nitrogen and oxygen atoms in total. The van der Waals surface area contributed by atoms with Gasteiger partial charge in [0.25, 0.3) is 0 Å². The summed E-state index contributed by atoms with van der Waals surface area (Å²) in [6.07, 6.45) is 1.55. The van der Waals surface area contributed by atoms with Crippen LogP contribution in [-0.4, -0.2) is 32.0 Å². The Morgan fingerprint density at radius 3 is 2.67 bits per heavy atom. The van der Waals surface area contributed by atoms with Crippen LogP contribution in [0.3, 0.4) is 0 Å². The van der Waals surface area contributed by atoms with E-state index in [0.717, 1.165) is 11.3 Å². The summed E-state index contributed by atoms with van der Waals surface area (Å²) in [7, 11) is 0. The zero-order valence-corrected chi connectivity index (χ0v) is 15.1. The van der Waals surface area contributed by atoms with E-state index in [9.17, 15) is 9.59 Å². The number of urea groups is 1. The lowest BCUT2D eigenvalue weighted by Gasteiger charge is -2.18. The molecule has 0 aliphatic heterocycles. The first-order valence-corrected chi connectivity index (χ1v) is 8.49. The van der Waals surface area contributed by atoms with Gasteiger partial charge in [0.05, 0.1) is 10.9 Å². The van der Waals surface area contributed by atoms with E-state index in [1.807, 2.05) is 32.9 Å². The van der Waals surface area contributed by atoms with E-state index in [2.05, 4.69) is 15.5 Å². The number of nitrogens with zero attached hydrogens (tertiary/aromatic N) is 3. The van der Waals surface area contributed by atoms with E-state index < -0.39 is 17.2 Å². The van der Waals surface area contributed by atoms with Crippen LogP contribution in [0.4, 0.5) is 4.79 Å². The summed E-state index contributed by atoms with van der Waals surface area (Å²) in [4.78, 5) is 23.1. The summed E-state index contributed by atoms with van der Waals surface area (Å²) in [5.41, 5.74) is 6.78. The van der Waals surface area contributed by atoms with Gasteiger partial charge in [0.15, 0.2) is 5.16 Å². The number of imide groups is 1. The molecule has 1 atom stereocenters. The quantitative estimate of drug-likeness (QED) is 0.790. The summed E-state index contributed by atoms with van der Waals surface area (Å²) in [5, 5.41) is 10.7. The monoisotopic (exact) mass is 367 g/mol. The highest BCUT2D eigenvalue weighted by Crippen LogP contribution is 2.29. The molecule has 0 unspecified atom stereocenters. The number of halogens is 1.